The average molecular weight is 488 g/mol. The Kier molecular flexibility index (Phi) is 6.87. The van der Waals surface area contributed by atoms with E-state index in [-0.39, 0.29) is 22.6 Å². The molecule has 0 aliphatic rings. The summed E-state index contributed by atoms with van der Waals surface area (Å²) in [6.07, 6.45) is 0. The highest BCUT2D eigenvalue weighted by molar-refractivity contribution is 6.14. The number of esters is 1. The number of carbonyl (C=O) groups excluding carboxylic acids is 2. The normalized spacial score (nSPS) is 11.7. The number of methoxy groups -OCH3 is 2. The largest absolute Gasteiger partial charge is 0.497 e. The van der Waals surface area contributed by atoms with E-state index in [9.17, 15) is 14.4 Å². The van der Waals surface area contributed by atoms with Crippen LogP contribution >= 0.6 is 0 Å². The molecule has 0 fully saturated rings. The zero-order chi connectivity index (χ0) is 26.0. The molecule has 8 nitrogen and oxygen atoms in total. The van der Waals surface area contributed by atoms with Crippen molar-refractivity contribution in [3.05, 3.63) is 93.0 Å². The summed E-state index contributed by atoms with van der Waals surface area (Å²) in [5.74, 6) is -2.44. The highest BCUT2D eigenvalue weighted by Gasteiger charge is 2.38. The minimum atomic E-state index is -1.70. The minimum Gasteiger partial charge on any atom is -0.497 e. The highest BCUT2D eigenvalue weighted by Crippen LogP contribution is 2.32. The number of hydrogen-bond donors (Lipinski definition) is 0. The summed E-state index contributed by atoms with van der Waals surface area (Å²) >= 11 is 0. The van der Waals surface area contributed by atoms with Gasteiger partial charge < -0.3 is 18.6 Å². The van der Waals surface area contributed by atoms with E-state index in [0.717, 1.165) is 5.56 Å². The first-order valence-corrected chi connectivity index (χ1v) is 11.2. The van der Waals surface area contributed by atoms with Crippen molar-refractivity contribution in [2.75, 3.05) is 14.2 Å². The molecule has 36 heavy (non-hydrogen) atoms. The molecule has 4 aromatic rings. The number of aryl methyl sites for hydroxylation is 3. The van der Waals surface area contributed by atoms with E-state index in [1.54, 1.807) is 44.2 Å². The van der Waals surface area contributed by atoms with Gasteiger partial charge in [0.1, 0.15) is 28.5 Å². The average Bonchev–Trinajstić information content (AvgIpc) is 2.86. The fourth-order valence-corrected chi connectivity index (χ4v) is 4.13. The molecule has 0 bridgehead atoms. The Hall–Kier alpha value is -4.46. The SMILES string of the molecule is COc1ccc(C(=O)C(C(=O)Oc2c(C)cc(C)cc2C)c2nc3ccccc3oc2=O)c(OC)c1. The maximum absolute atomic E-state index is 13.8. The smallest absolute Gasteiger partial charge is 0.359 e. The Bertz CT molecular complexity index is 1510. The molecule has 8 heteroatoms. The number of Topliss-reactive ketones (excluding diaryl/α,β-unsaturated/α-hetero) is 1. The van der Waals surface area contributed by atoms with E-state index in [1.807, 2.05) is 19.1 Å². The molecule has 1 atom stereocenters. The number of fused-ring (bicyclic) bond motifs is 1. The van der Waals surface area contributed by atoms with E-state index >= 15 is 0 Å². The molecule has 184 valence electrons. The third kappa shape index (κ3) is 4.70. The molecule has 0 amide bonds. The van der Waals surface area contributed by atoms with E-state index in [1.165, 1.54) is 26.4 Å². The molecule has 0 radical (unpaired) electrons. The van der Waals surface area contributed by atoms with Crippen LogP contribution in [0.4, 0.5) is 0 Å². The summed E-state index contributed by atoms with van der Waals surface area (Å²) in [7, 11) is 2.87. The van der Waals surface area contributed by atoms with Gasteiger partial charge in [0, 0.05) is 6.07 Å². The molecular weight excluding hydrogens is 462 g/mol. The first kappa shape index (κ1) is 24.7. The van der Waals surface area contributed by atoms with Crippen LogP contribution in [0.25, 0.3) is 11.1 Å². The van der Waals surface area contributed by atoms with Crippen molar-refractivity contribution in [2.45, 2.75) is 26.7 Å². The predicted molar refractivity (Wildman–Crippen MR) is 133 cm³/mol. The number of ether oxygens (including phenoxy) is 3. The zero-order valence-electron chi connectivity index (χ0n) is 20.6. The molecule has 1 heterocycles. The quantitative estimate of drug-likeness (QED) is 0.160. The van der Waals surface area contributed by atoms with Crippen LogP contribution < -0.4 is 19.8 Å². The number of benzene rings is 3. The lowest BCUT2D eigenvalue weighted by Crippen LogP contribution is -2.32. The van der Waals surface area contributed by atoms with E-state index < -0.39 is 23.3 Å². The Labute approximate surface area is 207 Å². The third-order valence-corrected chi connectivity index (χ3v) is 5.77. The molecular formula is C28H25NO7. The first-order chi connectivity index (χ1) is 17.2. The van der Waals surface area contributed by atoms with Crippen molar-refractivity contribution in [2.24, 2.45) is 0 Å². The highest BCUT2D eigenvalue weighted by atomic mass is 16.5. The van der Waals surface area contributed by atoms with Crippen LogP contribution in [0.5, 0.6) is 17.2 Å². The molecule has 0 saturated carbocycles. The van der Waals surface area contributed by atoms with Gasteiger partial charge in [-0.15, -0.1) is 0 Å². The lowest BCUT2D eigenvalue weighted by atomic mass is 9.93. The van der Waals surface area contributed by atoms with Gasteiger partial charge in [-0.1, -0.05) is 29.8 Å². The van der Waals surface area contributed by atoms with Gasteiger partial charge >= 0.3 is 11.6 Å². The lowest BCUT2D eigenvalue weighted by Gasteiger charge is -2.18. The van der Waals surface area contributed by atoms with Crippen LogP contribution in [0, 0.1) is 20.8 Å². The van der Waals surface area contributed by atoms with Crippen molar-refractivity contribution in [1.29, 1.82) is 0 Å². The zero-order valence-corrected chi connectivity index (χ0v) is 20.6. The van der Waals surface area contributed by atoms with Gasteiger partial charge in [0.25, 0.3) is 0 Å². The molecule has 1 aromatic heterocycles. The van der Waals surface area contributed by atoms with Gasteiger partial charge in [-0.25, -0.2) is 9.78 Å². The number of aromatic nitrogens is 1. The molecule has 3 aromatic carbocycles. The Morgan fingerprint density at radius 1 is 0.917 bits per heavy atom. The summed E-state index contributed by atoms with van der Waals surface area (Å²) in [4.78, 5) is 44.7. The second kappa shape index (κ2) is 10.0. The summed E-state index contributed by atoms with van der Waals surface area (Å²) in [5, 5.41) is 0. The number of carbonyl (C=O) groups is 2. The molecule has 0 aliphatic carbocycles. The first-order valence-electron chi connectivity index (χ1n) is 11.2. The van der Waals surface area contributed by atoms with Gasteiger partial charge in [0.15, 0.2) is 17.3 Å². The topological polar surface area (TPSA) is 105 Å². The van der Waals surface area contributed by atoms with Crippen molar-refractivity contribution in [1.82, 2.24) is 4.98 Å². The van der Waals surface area contributed by atoms with Crippen LogP contribution in [-0.4, -0.2) is 31.0 Å². The van der Waals surface area contributed by atoms with Gasteiger partial charge in [0.2, 0.25) is 0 Å². The van der Waals surface area contributed by atoms with Crippen LogP contribution in [0.3, 0.4) is 0 Å². The number of rotatable bonds is 7. The van der Waals surface area contributed by atoms with Gasteiger partial charge in [-0.2, -0.15) is 0 Å². The molecule has 4 rings (SSSR count). The van der Waals surface area contributed by atoms with Crippen molar-refractivity contribution in [3.63, 3.8) is 0 Å². The predicted octanol–water partition coefficient (Wildman–Crippen LogP) is 4.70. The number of nitrogens with zero attached hydrogens (tertiary/aromatic N) is 1. The van der Waals surface area contributed by atoms with Crippen LogP contribution in [0.2, 0.25) is 0 Å². The van der Waals surface area contributed by atoms with E-state index in [4.69, 9.17) is 18.6 Å². The fourth-order valence-electron chi connectivity index (χ4n) is 4.13. The van der Waals surface area contributed by atoms with Crippen molar-refractivity contribution in [3.8, 4) is 17.2 Å². The number of ketones is 1. The summed E-state index contributed by atoms with van der Waals surface area (Å²) < 4.78 is 21.7. The monoisotopic (exact) mass is 487 g/mol. The van der Waals surface area contributed by atoms with Gasteiger partial charge in [-0.05, 0) is 56.2 Å². The maximum atomic E-state index is 13.8. The summed E-state index contributed by atoms with van der Waals surface area (Å²) in [5.41, 5.74) is 1.77. The molecule has 1 unspecified atom stereocenters. The molecule has 0 spiro atoms. The number of para-hydroxylation sites is 2. The van der Waals surface area contributed by atoms with Crippen molar-refractivity contribution >= 4 is 22.9 Å². The van der Waals surface area contributed by atoms with Crippen LogP contribution in [0.1, 0.15) is 38.7 Å². The molecule has 0 aliphatic heterocycles. The second-order valence-corrected chi connectivity index (χ2v) is 8.37. The molecule has 0 saturated heterocycles. The van der Waals surface area contributed by atoms with Crippen LogP contribution in [-0.2, 0) is 4.79 Å². The van der Waals surface area contributed by atoms with Crippen LogP contribution in [0.15, 0.2) is 63.8 Å². The summed E-state index contributed by atoms with van der Waals surface area (Å²) in [6.45, 7) is 5.53. The summed E-state index contributed by atoms with van der Waals surface area (Å²) in [6, 6.07) is 14.9. The fraction of sp³-hybridized carbons (Fsp3) is 0.214. The van der Waals surface area contributed by atoms with E-state index in [0.29, 0.717) is 28.1 Å². The van der Waals surface area contributed by atoms with Gasteiger partial charge in [-0.3, -0.25) is 9.59 Å². The minimum absolute atomic E-state index is 0.0620. The van der Waals surface area contributed by atoms with Crippen molar-refractivity contribution < 1.29 is 28.2 Å². The van der Waals surface area contributed by atoms with Gasteiger partial charge in [0.05, 0.1) is 19.8 Å². The Balaban J connectivity index is 1.87. The standard InChI is InChI=1S/C28H25NO7/c1-15-12-16(2)26(17(3)13-15)36-27(31)23(24-28(32)35-21-9-7-6-8-20(21)29-24)25(30)19-11-10-18(33-4)14-22(19)34-5/h6-14,23H,1-5H3. The molecule has 0 N–H and O–H groups in total. The second-order valence-electron chi connectivity index (χ2n) is 8.37. The maximum Gasteiger partial charge on any atom is 0.359 e. The number of hydrogen-bond acceptors (Lipinski definition) is 8. The van der Waals surface area contributed by atoms with E-state index in [2.05, 4.69) is 4.98 Å². The Morgan fingerprint density at radius 2 is 1.61 bits per heavy atom. The lowest BCUT2D eigenvalue weighted by molar-refractivity contribution is -0.135. The third-order valence-electron chi connectivity index (χ3n) is 5.77. The Morgan fingerprint density at radius 3 is 2.28 bits per heavy atom.